The number of nitrogens with zero attached hydrogens (tertiary/aromatic N) is 2. The monoisotopic (exact) mass is 330 g/mol. The largest absolute Gasteiger partial charge is 0.478 e. The van der Waals surface area contributed by atoms with Gasteiger partial charge in [-0.15, -0.1) is 0 Å². The highest BCUT2D eigenvalue weighted by Gasteiger charge is 2.14. The number of benzene rings is 1. The molecule has 100 valence electrons. The Kier molecular flexibility index (Phi) is 3.06. The second-order valence-corrected chi connectivity index (χ2v) is 5.32. The molecule has 2 heterocycles. The van der Waals surface area contributed by atoms with Crippen molar-refractivity contribution in [3.05, 3.63) is 58.5 Å². The zero-order chi connectivity index (χ0) is 14.3. The zero-order valence-corrected chi connectivity index (χ0v) is 12.3. The molecule has 0 bridgehead atoms. The maximum Gasteiger partial charge on any atom is 0.337 e. The van der Waals surface area contributed by atoms with Gasteiger partial charge < -0.3 is 9.51 Å². The molecule has 1 aromatic carbocycles. The summed E-state index contributed by atoms with van der Waals surface area (Å²) in [5.74, 6) is -0.184. The van der Waals surface area contributed by atoms with E-state index in [9.17, 15) is 4.79 Å². The molecule has 4 nitrogen and oxygen atoms in total. The summed E-state index contributed by atoms with van der Waals surface area (Å²) < 4.78 is 2.76. The summed E-state index contributed by atoms with van der Waals surface area (Å²) in [6.45, 7) is 1.86. The first-order valence-electron chi connectivity index (χ1n) is 6.05. The normalized spacial score (nSPS) is 10.9. The summed E-state index contributed by atoms with van der Waals surface area (Å²) in [5, 5.41) is 9.06. The van der Waals surface area contributed by atoms with Crippen LogP contribution in [0.3, 0.4) is 0 Å². The van der Waals surface area contributed by atoms with E-state index in [-0.39, 0.29) is 5.56 Å². The topological polar surface area (TPSA) is 54.6 Å². The molecular formula is C15H11BrN2O2. The van der Waals surface area contributed by atoms with E-state index in [1.807, 2.05) is 31.2 Å². The Hall–Kier alpha value is -2.14. The van der Waals surface area contributed by atoms with Crippen molar-refractivity contribution >= 4 is 27.4 Å². The SMILES string of the molecule is Cc1nc(-c2ccccc2Br)c2ccc(C(=O)O)cn12. The van der Waals surface area contributed by atoms with Crippen LogP contribution in [0.5, 0.6) is 0 Å². The summed E-state index contributed by atoms with van der Waals surface area (Å²) in [4.78, 5) is 15.6. The summed E-state index contributed by atoms with van der Waals surface area (Å²) in [7, 11) is 0. The van der Waals surface area contributed by atoms with Crippen molar-refractivity contribution in [2.75, 3.05) is 0 Å². The lowest BCUT2D eigenvalue weighted by Gasteiger charge is -2.02. The van der Waals surface area contributed by atoms with Crippen LogP contribution in [0.2, 0.25) is 0 Å². The average molecular weight is 331 g/mol. The molecule has 0 saturated carbocycles. The van der Waals surface area contributed by atoms with Crippen molar-refractivity contribution in [3.8, 4) is 11.3 Å². The Balaban J connectivity index is 2.29. The lowest BCUT2D eigenvalue weighted by Crippen LogP contribution is -1.99. The minimum absolute atomic E-state index is 0.247. The van der Waals surface area contributed by atoms with Gasteiger partial charge in [0.1, 0.15) is 5.82 Å². The smallest absolute Gasteiger partial charge is 0.337 e. The Morgan fingerprint density at radius 3 is 2.70 bits per heavy atom. The van der Waals surface area contributed by atoms with Gasteiger partial charge in [-0.2, -0.15) is 0 Å². The van der Waals surface area contributed by atoms with Crippen molar-refractivity contribution in [2.24, 2.45) is 0 Å². The number of aromatic nitrogens is 2. The molecule has 0 aliphatic carbocycles. The van der Waals surface area contributed by atoms with Crippen molar-refractivity contribution in [1.29, 1.82) is 0 Å². The molecule has 0 amide bonds. The fraction of sp³-hybridized carbons (Fsp3) is 0.0667. The first kappa shape index (κ1) is 12.9. The Morgan fingerprint density at radius 2 is 2.00 bits per heavy atom. The summed E-state index contributed by atoms with van der Waals surface area (Å²) in [6.07, 6.45) is 1.60. The number of hydrogen-bond acceptors (Lipinski definition) is 2. The Labute approximate surface area is 123 Å². The van der Waals surface area contributed by atoms with Gasteiger partial charge in [0.05, 0.1) is 16.8 Å². The average Bonchev–Trinajstić information content (AvgIpc) is 2.76. The van der Waals surface area contributed by atoms with Crippen molar-refractivity contribution < 1.29 is 9.90 Å². The van der Waals surface area contributed by atoms with Gasteiger partial charge in [-0.3, -0.25) is 0 Å². The molecule has 1 N–H and O–H groups in total. The number of pyridine rings is 1. The minimum Gasteiger partial charge on any atom is -0.478 e. The molecule has 5 heteroatoms. The number of aryl methyl sites for hydroxylation is 1. The summed E-state index contributed by atoms with van der Waals surface area (Å²) in [5.41, 5.74) is 2.96. The molecule has 2 aromatic heterocycles. The van der Waals surface area contributed by atoms with E-state index in [0.717, 1.165) is 27.1 Å². The van der Waals surface area contributed by atoms with E-state index in [1.165, 1.54) is 0 Å². The highest BCUT2D eigenvalue weighted by atomic mass is 79.9. The molecule has 0 saturated heterocycles. The lowest BCUT2D eigenvalue weighted by atomic mass is 10.1. The standard InChI is InChI=1S/C15H11BrN2O2/c1-9-17-14(11-4-2-3-5-12(11)16)13-7-6-10(15(19)20)8-18(9)13/h2-8H,1H3,(H,19,20). The third kappa shape index (κ3) is 2.00. The van der Waals surface area contributed by atoms with Crippen LogP contribution in [0.4, 0.5) is 0 Å². The number of aromatic carboxylic acids is 1. The van der Waals surface area contributed by atoms with Crippen molar-refractivity contribution in [1.82, 2.24) is 9.38 Å². The molecule has 20 heavy (non-hydrogen) atoms. The first-order valence-corrected chi connectivity index (χ1v) is 6.84. The van der Waals surface area contributed by atoms with Gasteiger partial charge in [-0.25, -0.2) is 9.78 Å². The van der Waals surface area contributed by atoms with Crippen LogP contribution in [0.1, 0.15) is 16.2 Å². The van der Waals surface area contributed by atoms with Crippen molar-refractivity contribution in [2.45, 2.75) is 6.92 Å². The van der Waals surface area contributed by atoms with E-state index in [1.54, 1.807) is 22.7 Å². The molecule has 0 unspecified atom stereocenters. The Morgan fingerprint density at radius 1 is 1.25 bits per heavy atom. The molecule has 0 aliphatic heterocycles. The number of fused-ring (bicyclic) bond motifs is 1. The number of rotatable bonds is 2. The number of carbonyl (C=O) groups is 1. The van der Waals surface area contributed by atoms with Gasteiger partial charge >= 0.3 is 5.97 Å². The third-order valence-corrected chi connectivity index (χ3v) is 3.88. The maximum atomic E-state index is 11.0. The van der Waals surface area contributed by atoms with Crippen LogP contribution < -0.4 is 0 Å². The number of carboxylic acids is 1. The zero-order valence-electron chi connectivity index (χ0n) is 10.7. The van der Waals surface area contributed by atoms with Crippen molar-refractivity contribution in [3.63, 3.8) is 0 Å². The molecule has 0 spiro atoms. The molecule has 0 fully saturated rings. The predicted molar refractivity (Wildman–Crippen MR) is 80.0 cm³/mol. The van der Waals surface area contributed by atoms with Crippen LogP contribution in [0, 0.1) is 6.92 Å². The fourth-order valence-corrected chi connectivity index (χ4v) is 2.68. The van der Waals surface area contributed by atoms with Gasteiger partial charge in [0.15, 0.2) is 0 Å². The third-order valence-electron chi connectivity index (χ3n) is 3.19. The number of imidazole rings is 1. The molecule has 0 atom stereocenters. The van der Waals surface area contributed by atoms with Gasteiger partial charge in [0, 0.05) is 16.2 Å². The second kappa shape index (κ2) is 4.76. The van der Waals surface area contributed by atoms with Gasteiger partial charge in [-0.05, 0) is 25.1 Å². The predicted octanol–water partition coefficient (Wildman–Crippen LogP) is 3.77. The van der Waals surface area contributed by atoms with Gasteiger partial charge in [0.25, 0.3) is 0 Å². The molecule has 3 aromatic rings. The van der Waals surface area contributed by atoms with Crippen LogP contribution >= 0.6 is 15.9 Å². The summed E-state index contributed by atoms with van der Waals surface area (Å²) >= 11 is 3.52. The van der Waals surface area contributed by atoms with E-state index in [2.05, 4.69) is 20.9 Å². The maximum absolute atomic E-state index is 11.0. The van der Waals surface area contributed by atoms with Crippen LogP contribution in [0.25, 0.3) is 16.8 Å². The number of hydrogen-bond donors (Lipinski definition) is 1. The van der Waals surface area contributed by atoms with E-state index in [0.29, 0.717) is 0 Å². The number of halogens is 1. The quantitative estimate of drug-likeness (QED) is 0.778. The lowest BCUT2D eigenvalue weighted by molar-refractivity contribution is 0.0696. The number of carboxylic acid groups (broad SMARTS) is 1. The molecule has 3 rings (SSSR count). The molecular weight excluding hydrogens is 320 g/mol. The van der Waals surface area contributed by atoms with Gasteiger partial charge in [-0.1, -0.05) is 34.1 Å². The van der Waals surface area contributed by atoms with Crippen LogP contribution in [-0.4, -0.2) is 20.5 Å². The summed E-state index contributed by atoms with van der Waals surface area (Å²) in [6, 6.07) is 11.2. The molecule has 0 radical (unpaired) electrons. The van der Waals surface area contributed by atoms with E-state index < -0.39 is 5.97 Å². The fourth-order valence-electron chi connectivity index (χ4n) is 2.21. The molecule has 0 aliphatic rings. The Bertz CT molecular complexity index is 824. The minimum atomic E-state index is -0.942. The second-order valence-electron chi connectivity index (χ2n) is 4.47. The first-order chi connectivity index (χ1) is 9.58. The van der Waals surface area contributed by atoms with E-state index >= 15 is 0 Å². The highest BCUT2D eigenvalue weighted by molar-refractivity contribution is 9.10. The van der Waals surface area contributed by atoms with Gasteiger partial charge in [0.2, 0.25) is 0 Å². The van der Waals surface area contributed by atoms with Crippen LogP contribution in [-0.2, 0) is 0 Å². The van der Waals surface area contributed by atoms with Crippen LogP contribution in [0.15, 0.2) is 47.1 Å². The van der Waals surface area contributed by atoms with E-state index in [4.69, 9.17) is 5.11 Å². The highest BCUT2D eigenvalue weighted by Crippen LogP contribution is 2.31.